The lowest BCUT2D eigenvalue weighted by Gasteiger charge is -2.33. The van der Waals surface area contributed by atoms with Crippen LogP contribution in [0.4, 0.5) is 4.79 Å². The largest absolute Gasteiger partial charge is 0.481 e. The summed E-state index contributed by atoms with van der Waals surface area (Å²) < 4.78 is 5.13. The molecule has 1 fully saturated rings. The van der Waals surface area contributed by atoms with E-state index in [1.807, 2.05) is 0 Å². The molecule has 0 aromatic heterocycles. The first-order chi connectivity index (χ1) is 8.96. The standard InChI is InChI=1S/C11H19N3O5/c12-8(15)1-4-13-10(18)14-7-11(9(16)17)2-5-19-6-3-11/h1-7H2,(H2,12,15)(H,16,17)(H2,13,14,18). The summed E-state index contributed by atoms with van der Waals surface area (Å²) in [6, 6.07) is -0.506. The van der Waals surface area contributed by atoms with Crippen LogP contribution in [-0.4, -0.2) is 49.3 Å². The quantitative estimate of drug-likeness (QED) is 0.495. The van der Waals surface area contributed by atoms with Crippen molar-refractivity contribution in [1.82, 2.24) is 10.6 Å². The van der Waals surface area contributed by atoms with Crippen LogP contribution < -0.4 is 16.4 Å². The minimum absolute atomic E-state index is 0.0358. The molecule has 1 aliphatic heterocycles. The number of ether oxygens (including phenoxy) is 1. The number of primary amides is 1. The lowest BCUT2D eigenvalue weighted by Crippen LogP contribution is -2.49. The van der Waals surface area contributed by atoms with Crippen LogP contribution in [0.15, 0.2) is 0 Å². The monoisotopic (exact) mass is 273 g/mol. The Balaban J connectivity index is 2.37. The zero-order chi connectivity index (χ0) is 14.3. The minimum atomic E-state index is -0.973. The highest BCUT2D eigenvalue weighted by Gasteiger charge is 2.40. The van der Waals surface area contributed by atoms with Crippen molar-refractivity contribution in [3.8, 4) is 0 Å². The number of urea groups is 1. The van der Waals surface area contributed by atoms with E-state index < -0.39 is 23.3 Å². The third-order valence-corrected chi connectivity index (χ3v) is 3.15. The number of carboxylic acid groups (broad SMARTS) is 1. The number of carboxylic acids is 1. The number of nitrogens with two attached hydrogens (primary N) is 1. The maximum absolute atomic E-state index is 11.4. The summed E-state index contributed by atoms with van der Waals surface area (Å²) in [7, 11) is 0. The number of amides is 3. The van der Waals surface area contributed by atoms with Gasteiger partial charge in [-0.3, -0.25) is 9.59 Å². The Morgan fingerprint density at radius 3 is 2.37 bits per heavy atom. The summed E-state index contributed by atoms with van der Waals surface area (Å²) in [4.78, 5) is 33.2. The Labute approximate surface area is 110 Å². The number of carbonyl (C=O) groups excluding carboxylic acids is 2. The molecule has 3 amide bonds. The molecule has 0 radical (unpaired) electrons. The van der Waals surface area contributed by atoms with Crippen molar-refractivity contribution in [1.29, 1.82) is 0 Å². The fourth-order valence-corrected chi connectivity index (χ4v) is 1.84. The number of hydrogen-bond acceptors (Lipinski definition) is 4. The molecule has 0 saturated carbocycles. The molecule has 0 aromatic rings. The van der Waals surface area contributed by atoms with E-state index in [2.05, 4.69) is 10.6 Å². The van der Waals surface area contributed by atoms with Gasteiger partial charge in [0.05, 0.1) is 5.41 Å². The second-order valence-corrected chi connectivity index (χ2v) is 4.52. The molecule has 0 atom stereocenters. The van der Waals surface area contributed by atoms with Gasteiger partial charge in [0.2, 0.25) is 5.91 Å². The van der Waals surface area contributed by atoms with Gasteiger partial charge in [-0.05, 0) is 12.8 Å². The van der Waals surface area contributed by atoms with Crippen molar-refractivity contribution in [2.45, 2.75) is 19.3 Å². The third-order valence-electron chi connectivity index (χ3n) is 3.15. The molecule has 0 aromatic carbocycles. The zero-order valence-corrected chi connectivity index (χ0v) is 10.6. The summed E-state index contributed by atoms with van der Waals surface area (Å²) in [6.07, 6.45) is 0.777. The summed E-state index contributed by atoms with van der Waals surface area (Å²) in [5, 5.41) is 14.2. The fourth-order valence-electron chi connectivity index (χ4n) is 1.84. The lowest BCUT2D eigenvalue weighted by atomic mass is 9.80. The average molecular weight is 273 g/mol. The molecule has 1 saturated heterocycles. The molecular formula is C11H19N3O5. The van der Waals surface area contributed by atoms with Crippen LogP contribution in [0.3, 0.4) is 0 Å². The van der Waals surface area contributed by atoms with Crippen LogP contribution in [-0.2, 0) is 14.3 Å². The van der Waals surface area contributed by atoms with Crippen molar-refractivity contribution in [3.05, 3.63) is 0 Å². The molecule has 19 heavy (non-hydrogen) atoms. The van der Waals surface area contributed by atoms with E-state index in [4.69, 9.17) is 10.5 Å². The number of nitrogens with one attached hydrogen (secondary N) is 2. The fraction of sp³-hybridized carbons (Fsp3) is 0.727. The van der Waals surface area contributed by atoms with Gasteiger partial charge in [-0.2, -0.15) is 0 Å². The maximum Gasteiger partial charge on any atom is 0.314 e. The number of carbonyl (C=O) groups is 3. The highest BCUT2D eigenvalue weighted by Crippen LogP contribution is 2.29. The molecule has 0 aliphatic carbocycles. The third kappa shape index (κ3) is 4.74. The van der Waals surface area contributed by atoms with Gasteiger partial charge in [-0.15, -0.1) is 0 Å². The van der Waals surface area contributed by atoms with Gasteiger partial charge in [0.1, 0.15) is 0 Å². The van der Waals surface area contributed by atoms with E-state index >= 15 is 0 Å². The molecular weight excluding hydrogens is 254 g/mol. The first-order valence-electron chi connectivity index (χ1n) is 6.07. The first kappa shape index (κ1) is 15.2. The highest BCUT2D eigenvalue weighted by molar-refractivity contribution is 5.79. The Morgan fingerprint density at radius 1 is 1.21 bits per heavy atom. The first-order valence-corrected chi connectivity index (χ1v) is 6.07. The van der Waals surface area contributed by atoms with Crippen LogP contribution in [0.2, 0.25) is 0 Å². The van der Waals surface area contributed by atoms with Crippen molar-refractivity contribution in [2.75, 3.05) is 26.3 Å². The molecule has 8 nitrogen and oxygen atoms in total. The van der Waals surface area contributed by atoms with Crippen LogP contribution in [0.25, 0.3) is 0 Å². The van der Waals surface area contributed by atoms with E-state index in [0.717, 1.165) is 0 Å². The van der Waals surface area contributed by atoms with Gasteiger partial charge >= 0.3 is 12.0 Å². The van der Waals surface area contributed by atoms with Gasteiger partial charge < -0.3 is 26.2 Å². The van der Waals surface area contributed by atoms with E-state index in [0.29, 0.717) is 26.1 Å². The summed E-state index contributed by atoms with van der Waals surface area (Å²) >= 11 is 0. The van der Waals surface area contributed by atoms with Gasteiger partial charge in [0.25, 0.3) is 0 Å². The van der Waals surface area contributed by atoms with Gasteiger partial charge in [0.15, 0.2) is 0 Å². The van der Waals surface area contributed by atoms with E-state index in [9.17, 15) is 19.5 Å². The SMILES string of the molecule is NC(=O)CCNC(=O)NCC1(C(=O)O)CCOCC1. The number of hydrogen-bond donors (Lipinski definition) is 4. The summed E-state index contributed by atoms with van der Waals surface area (Å²) in [5.74, 6) is -1.44. The van der Waals surface area contributed by atoms with Gasteiger partial charge in [0, 0.05) is 32.7 Å². The molecule has 8 heteroatoms. The predicted molar refractivity (Wildman–Crippen MR) is 65.3 cm³/mol. The second kappa shape index (κ2) is 6.93. The summed E-state index contributed by atoms with van der Waals surface area (Å²) in [5.41, 5.74) is 3.96. The van der Waals surface area contributed by atoms with Crippen LogP contribution in [0, 0.1) is 5.41 Å². The molecule has 1 rings (SSSR count). The minimum Gasteiger partial charge on any atom is -0.481 e. The molecule has 5 N–H and O–H groups in total. The number of aliphatic carboxylic acids is 1. The average Bonchev–Trinajstić information content (AvgIpc) is 2.37. The smallest absolute Gasteiger partial charge is 0.314 e. The van der Waals surface area contributed by atoms with Crippen LogP contribution in [0.5, 0.6) is 0 Å². The molecule has 1 heterocycles. The number of rotatable bonds is 6. The lowest BCUT2D eigenvalue weighted by molar-refractivity contribution is -0.154. The van der Waals surface area contributed by atoms with Crippen molar-refractivity contribution < 1.29 is 24.2 Å². The zero-order valence-electron chi connectivity index (χ0n) is 10.6. The molecule has 1 aliphatic rings. The summed E-state index contributed by atoms with van der Waals surface area (Å²) in [6.45, 7) is 0.910. The normalized spacial score (nSPS) is 17.5. The topological polar surface area (TPSA) is 131 Å². The Hall–Kier alpha value is -1.83. The van der Waals surface area contributed by atoms with Crippen molar-refractivity contribution >= 4 is 17.9 Å². The van der Waals surface area contributed by atoms with Gasteiger partial charge in [-0.1, -0.05) is 0 Å². The van der Waals surface area contributed by atoms with Crippen LogP contribution >= 0.6 is 0 Å². The van der Waals surface area contributed by atoms with Crippen molar-refractivity contribution in [3.63, 3.8) is 0 Å². The van der Waals surface area contributed by atoms with E-state index in [-0.39, 0.29) is 19.5 Å². The Morgan fingerprint density at radius 2 is 1.84 bits per heavy atom. The van der Waals surface area contributed by atoms with Crippen molar-refractivity contribution in [2.24, 2.45) is 11.1 Å². The Bertz CT molecular complexity index is 352. The van der Waals surface area contributed by atoms with Gasteiger partial charge in [-0.25, -0.2) is 4.79 Å². The predicted octanol–water partition coefficient (Wildman–Crippen LogP) is -0.958. The highest BCUT2D eigenvalue weighted by atomic mass is 16.5. The van der Waals surface area contributed by atoms with Crippen LogP contribution in [0.1, 0.15) is 19.3 Å². The maximum atomic E-state index is 11.4. The molecule has 0 spiro atoms. The van der Waals surface area contributed by atoms with E-state index in [1.54, 1.807) is 0 Å². The molecule has 108 valence electrons. The molecule has 0 bridgehead atoms. The Kier molecular flexibility index (Phi) is 5.56. The molecule has 0 unspecified atom stereocenters. The van der Waals surface area contributed by atoms with E-state index in [1.165, 1.54) is 0 Å². The second-order valence-electron chi connectivity index (χ2n) is 4.52.